The first-order chi connectivity index (χ1) is 11.7. The van der Waals surface area contributed by atoms with Crippen molar-refractivity contribution in [2.24, 2.45) is 0 Å². The fraction of sp³-hybridized carbons (Fsp3) is 0.529. The van der Waals surface area contributed by atoms with Gasteiger partial charge in [-0.25, -0.2) is 4.79 Å². The number of carbonyl (C=O) groups excluding carboxylic acids is 2. The highest BCUT2D eigenvalue weighted by Gasteiger charge is 2.31. The average Bonchev–Trinajstić information content (AvgIpc) is 3.16. The molecule has 7 nitrogen and oxygen atoms in total. The molecule has 2 saturated heterocycles. The fourth-order valence-electron chi connectivity index (χ4n) is 3.05. The summed E-state index contributed by atoms with van der Waals surface area (Å²) in [5.74, 6) is 0.676. The largest absolute Gasteiger partial charge is 0.495 e. The smallest absolute Gasteiger partial charge is 0.322 e. The van der Waals surface area contributed by atoms with Crippen LogP contribution in [0.4, 0.5) is 10.5 Å². The number of para-hydroxylation sites is 2. The molecule has 0 radical (unpaired) electrons. The molecule has 7 heteroatoms. The molecule has 2 heterocycles. The second-order valence-electron chi connectivity index (χ2n) is 5.94. The van der Waals surface area contributed by atoms with Crippen LogP contribution in [0.25, 0.3) is 0 Å². The van der Waals surface area contributed by atoms with E-state index in [2.05, 4.69) is 5.32 Å². The molecule has 24 heavy (non-hydrogen) atoms. The Morgan fingerprint density at radius 3 is 2.54 bits per heavy atom. The number of benzene rings is 1. The second-order valence-corrected chi connectivity index (χ2v) is 5.94. The number of anilines is 1. The highest BCUT2D eigenvalue weighted by atomic mass is 16.5. The Kier molecular flexibility index (Phi) is 5.20. The van der Waals surface area contributed by atoms with Crippen molar-refractivity contribution >= 4 is 17.6 Å². The van der Waals surface area contributed by atoms with Gasteiger partial charge in [0, 0.05) is 32.8 Å². The molecule has 3 amide bonds. The Hall–Kier alpha value is -2.28. The van der Waals surface area contributed by atoms with Crippen molar-refractivity contribution in [3.05, 3.63) is 24.3 Å². The van der Waals surface area contributed by atoms with Gasteiger partial charge in [0.05, 0.1) is 12.8 Å². The van der Waals surface area contributed by atoms with E-state index in [1.807, 2.05) is 12.1 Å². The standard InChI is InChI=1S/C17H23N3O4/c1-23-14-6-3-2-5-13(14)18-17(22)20-10-8-19(9-11-20)16(21)15-7-4-12-24-15/h2-3,5-6,15H,4,7-12H2,1H3,(H,18,22)/t15-/m1/s1. The Balaban J connectivity index is 1.52. The minimum absolute atomic E-state index is 0.0530. The number of hydrogen-bond donors (Lipinski definition) is 1. The number of piperazine rings is 1. The first-order valence-electron chi connectivity index (χ1n) is 8.28. The van der Waals surface area contributed by atoms with Gasteiger partial charge in [-0.2, -0.15) is 0 Å². The van der Waals surface area contributed by atoms with E-state index in [0.29, 0.717) is 44.2 Å². The molecule has 0 saturated carbocycles. The van der Waals surface area contributed by atoms with Gasteiger partial charge in [-0.3, -0.25) is 4.79 Å². The lowest BCUT2D eigenvalue weighted by Gasteiger charge is -2.35. The van der Waals surface area contributed by atoms with Crippen LogP contribution in [0.2, 0.25) is 0 Å². The Bertz CT molecular complexity index is 593. The maximum atomic E-state index is 12.4. The third-order valence-corrected chi connectivity index (χ3v) is 4.43. The molecule has 3 rings (SSSR count). The van der Waals surface area contributed by atoms with Gasteiger partial charge in [0.25, 0.3) is 5.91 Å². The van der Waals surface area contributed by atoms with E-state index in [4.69, 9.17) is 9.47 Å². The Labute approximate surface area is 141 Å². The number of hydrogen-bond acceptors (Lipinski definition) is 4. The summed E-state index contributed by atoms with van der Waals surface area (Å²) in [5, 5.41) is 2.86. The molecule has 130 valence electrons. The number of nitrogens with one attached hydrogen (secondary N) is 1. The Morgan fingerprint density at radius 2 is 1.88 bits per heavy atom. The highest BCUT2D eigenvalue weighted by molar-refractivity contribution is 5.91. The predicted octanol–water partition coefficient (Wildman–Crippen LogP) is 1.55. The van der Waals surface area contributed by atoms with Crippen LogP contribution in [0.1, 0.15) is 12.8 Å². The molecule has 0 aromatic heterocycles. The van der Waals surface area contributed by atoms with Gasteiger partial charge >= 0.3 is 6.03 Å². The van der Waals surface area contributed by atoms with Gasteiger partial charge in [0.15, 0.2) is 0 Å². The van der Waals surface area contributed by atoms with Crippen molar-refractivity contribution < 1.29 is 19.1 Å². The lowest BCUT2D eigenvalue weighted by Crippen LogP contribution is -2.53. The average molecular weight is 333 g/mol. The lowest BCUT2D eigenvalue weighted by molar-refractivity contribution is -0.142. The van der Waals surface area contributed by atoms with Crippen LogP contribution in [-0.2, 0) is 9.53 Å². The number of rotatable bonds is 3. The van der Waals surface area contributed by atoms with E-state index in [1.165, 1.54) is 0 Å². The number of carbonyl (C=O) groups is 2. The monoisotopic (exact) mass is 333 g/mol. The molecular weight excluding hydrogens is 310 g/mol. The first-order valence-corrected chi connectivity index (χ1v) is 8.28. The summed E-state index contributed by atoms with van der Waals surface area (Å²) in [7, 11) is 1.57. The van der Waals surface area contributed by atoms with E-state index >= 15 is 0 Å². The predicted molar refractivity (Wildman–Crippen MR) is 89.1 cm³/mol. The van der Waals surface area contributed by atoms with Crippen LogP contribution in [0.3, 0.4) is 0 Å². The third kappa shape index (κ3) is 3.62. The fourth-order valence-corrected chi connectivity index (χ4v) is 3.05. The molecule has 1 atom stereocenters. The molecule has 0 spiro atoms. The van der Waals surface area contributed by atoms with Gasteiger partial charge in [-0.1, -0.05) is 12.1 Å². The molecule has 2 aliphatic heterocycles. The van der Waals surface area contributed by atoms with Crippen molar-refractivity contribution in [2.45, 2.75) is 18.9 Å². The zero-order chi connectivity index (χ0) is 16.9. The maximum Gasteiger partial charge on any atom is 0.322 e. The quantitative estimate of drug-likeness (QED) is 0.911. The van der Waals surface area contributed by atoms with Crippen LogP contribution in [0.15, 0.2) is 24.3 Å². The summed E-state index contributed by atoms with van der Waals surface area (Å²) >= 11 is 0. The number of amides is 3. The molecule has 1 N–H and O–H groups in total. The molecule has 1 aromatic rings. The molecule has 2 fully saturated rings. The minimum atomic E-state index is -0.293. The van der Waals surface area contributed by atoms with Crippen molar-refractivity contribution in [3.8, 4) is 5.75 Å². The minimum Gasteiger partial charge on any atom is -0.495 e. The SMILES string of the molecule is COc1ccccc1NC(=O)N1CCN(C(=O)[C@H]2CCCO2)CC1. The molecule has 2 aliphatic rings. The zero-order valence-electron chi connectivity index (χ0n) is 13.9. The van der Waals surface area contributed by atoms with Crippen LogP contribution >= 0.6 is 0 Å². The highest BCUT2D eigenvalue weighted by Crippen LogP contribution is 2.23. The zero-order valence-corrected chi connectivity index (χ0v) is 13.9. The number of ether oxygens (including phenoxy) is 2. The topological polar surface area (TPSA) is 71.1 Å². The molecule has 0 aliphatic carbocycles. The normalized spacial score (nSPS) is 20.8. The van der Waals surface area contributed by atoms with Gasteiger partial charge in [0.1, 0.15) is 11.9 Å². The van der Waals surface area contributed by atoms with Crippen LogP contribution < -0.4 is 10.1 Å². The van der Waals surface area contributed by atoms with E-state index < -0.39 is 0 Å². The van der Waals surface area contributed by atoms with Gasteiger partial charge in [0.2, 0.25) is 0 Å². The van der Waals surface area contributed by atoms with E-state index in [1.54, 1.807) is 29.0 Å². The van der Waals surface area contributed by atoms with Crippen molar-refractivity contribution in [1.82, 2.24) is 9.80 Å². The van der Waals surface area contributed by atoms with Crippen molar-refractivity contribution in [1.29, 1.82) is 0 Å². The van der Waals surface area contributed by atoms with Gasteiger partial charge in [-0.05, 0) is 25.0 Å². The molecular formula is C17H23N3O4. The second kappa shape index (κ2) is 7.53. The van der Waals surface area contributed by atoms with Crippen LogP contribution in [0.5, 0.6) is 5.75 Å². The third-order valence-electron chi connectivity index (χ3n) is 4.43. The number of methoxy groups -OCH3 is 1. The summed E-state index contributed by atoms with van der Waals surface area (Å²) in [6.07, 6.45) is 1.45. The molecule has 1 aromatic carbocycles. The summed E-state index contributed by atoms with van der Waals surface area (Å²) in [6.45, 7) is 2.77. The summed E-state index contributed by atoms with van der Waals surface area (Å²) in [5.41, 5.74) is 0.642. The van der Waals surface area contributed by atoms with E-state index in [-0.39, 0.29) is 18.0 Å². The summed E-state index contributed by atoms with van der Waals surface area (Å²) < 4.78 is 10.7. The molecule has 0 unspecified atom stereocenters. The number of nitrogens with zero attached hydrogens (tertiary/aromatic N) is 2. The van der Waals surface area contributed by atoms with Crippen LogP contribution in [0, 0.1) is 0 Å². The maximum absolute atomic E-state index is 12.4. The van der Waals surface area contributed by atoms with Crippen LogP contribution in [-0.4, -0.2) is 67.7 Å². The summed E-state index contributed by atoms with van der Waals surface area (Å²) in [4.78, 5) is 28.2. The summed E-state index contributed by atoms with van der Waals surface area (Å²) in [6, 6.07) is 7.12. The van der Waals surface area contributed by atoms with E-state index in [9.17, 15) is 9.59 Å². The number of urea groups is 1. The Morgan fingerprint density at radius 1 is 1.17 bits per heavy atom. The molecule has 0 bridgehead atoms. The van der Waals surface area contributed by atoms with Crippen molar-refractivity contribution in [3.63, 3.8) is 0 Å². The van der Waals surface area contributed by atoms with Gasteiger partial charge in [-0.15, -0.1) is 0 Å². The van der Waals surface area contributed by atoms with Gasteiger partial charge < -0.3 is 24.6 Å². The lowest BCUT2D eigenvalue weighted by atomic mass is 10.2. The first kappa shape index (κ1) is 16.6. The van der Waals surface area contributed by atoms with E-state index in [0.717, 1.165) is 12.8 Å². The van der Waals surface area contributed by atoms with Crippen molar-refractivity contribution in [2.75, 3.05) is 45.2 Å².